The van der Waals surface area contributed by atoms with Gasteiger partial charge in [-0.1, -0.05) is 177 Å². The average Bonchev–Trinajstić information content (AvgIpc) is 2.94. The molecule has 0 N–H and O–H groups in total. The first-order valence-corrected chi connectivity index (χ1v) is 18.2. The molecule has 5 rings (SSSR count). The van der Waals surface area contributed by atoms with E-state index in [1.54, 1.807) is 22.3 Å². The van der Waals surface area contributed by atoms with Crippen molar-refractivity contribution < 1.29 is 0 Å². The van der Waals surface area contributed by atoms with Crippen LogP contribution in [0.4, 0.5) is 0 Å². The van der Waals surface area contributed by atoms with Crippen LogP contribution in [0, 0.1) is 6.92 Å². The number of hydrogen-bond donors (Lipinski definition) is 0. The molecule has 256 valence electrons. The highest BCUT2D eigenvalue weighted by atomic mass is 14.3. The van der Waals surface area contributed by atoms with Crippen LogP contribution in [0.5, 0.6) is 0 Å². The minimum absolute atomic E-state index is 0.213. The Morgan fingerprint density at radius 1 is 0.404 bits per heavy atom. The summed E-state index contributed by atoms with van der Waals surface area (Å²) >= 11 is 0. The van der Waals surface area contributed by atoms with Crippen molar-refractivity contribution >= 4 is 10.8 Å². The molecule has 0 bridgehead atoms. The maximum absolute atomic E-state index is 2.39. The molecule has 1 aliphatic rings. The Labute approximate surface area is 290 Å². The third-order valence-electron chi connectivity index (χ3n) is 9.52. The van der Waals surface area contributed by atoms with Crippen LogP contribution in [-0.2, 0) is 39.9 Å². The van der Waals surface area contributed by atoms with Gasteiger partial charge in [0.05, 0.1) is 0 Å². The van der Waals surface area contributed by atoms with Crippen molar-refractivity contribution in [2.24, 2.45) is 0 Å². The molecule has 0 amide bonds. The van der Waals surface area contributed by atoms with E-state index in [2.05, 4.69) is 184 Å². The predicted octanol–water partition coefficient (Wildman–Crippen LogP) is 13.9. The van der Waals surface area contributed by atoms with Crippen LogP contribution in [0.15, 0.2) is 72.8 Å². The first-order chi connectivity index (χ1) is 21.4. The Bertz CT molecular complexity index is 1590. The quantitative estimate of drug-likeness (QED) is 0.181. The number of hydrogen-bond acceptors (Lipinski definition) is 0. The van der Waals surface area contributed by atoms with E-state index in [-0.39, 0.29) is 27.1 Å². The molecule has 0 radical (unpaired) electrons. The normalized spacial score (nSPS) is 14.0. The first kappa shape index (κ1) is 38.6. The van der Waals surface area contributed by atoms with Crippen molar-refractivity contribution in [3.63, 3.8) is 0 Å². The lowest BCUT2D eigenvalue weighted by molar-refractivity contribution is 0.517. The molecule has 0 nitrogen and oxygen atoms in total. The van der Waals surface area contributed by atoms with Crippen LogP contribution in [-0.4, -0.2) is 0 Å². The largest absolute Gasteiger partial charge is 0.0620 e. The van der Waals surface area contributed by atoms with E-state index in [4.69, 9.17) is 0 Å². The van der Waals surface area contributed by atoms with Gasteiger partial charge in [0.2, 0.25) is 0 Å². The van der Waals surface area contributed by atoms with Gasteiger partial charge in [-0.05, 0) is 115 Å². The van der Waals surface area contributed by atoms with Gasteiger partial charge in [-0.3, -0.25) is 0 Å². The van der Waals surface area contributed by atoms with E-state index >= 15 is 0 Å². The minimum atomic E-state index is 0.213. The fraction of sp³-hybridized carbons (Fsp3) is 0.532. The zero-order valence-electron chi connectivity index (χ0n) is 33.3. The van der Waals surface area contributed by atoms with Gasteiger partial charge in [0, 0.05) is 0 Å². The molecule has 0 spiro atoms. The second-order valence-electron chi connectivity index (χ2n) is 19.1. The molecule has 0 aromatic heterocycles. The number of fused-ring (bicyclic) bond motifs is 2. The minimum Gasteiger partial charge on any atom is -0.0620 e. The van der Waals surface area contributed by atoms with Crippen LogP contribution >= 0.6 is 0 Å². The molecular formula is C47H68. The SMILES string of the molecule is CC(C)(C)c1ccc2c(c1C(C)(C)C)CCCC2.CC(C)(C)c1ccccc1C(C)(C)C.Cc1ccc2ccccc2c1C(C)(C)C. The molecule has 1 aliphatic carbocycles. The monoisotopic (exact) mass is 633 g/mol. The van der Waals surface area contributed by atoms with E-state index in [1.165, 1.54) is 58.7 Å². The molecule has 0 saturated carbocycles. The van der Waals surface area contributed by atoms with Gasteiger partial charge in [-0.15, -0.1) is 0 Å². The predicted molar refractivity (Wildman–Crippen MR) is 212 cm³/mol. The lowest BCUT2D eigenvalue weighted by Gasteiger charge is -2.35. The Morgan fingerprint density at radius 2 is 0.872 bits per heavy atom. The summed E-state index contributed by atoms with van der Waals surface area (Å²) in [4.78, 5) is 0. The summed E-state index contributed by atoms with van der Waals surface area (Å²) in [5.41, 5.74) is 13.4. The highest BCUT2D eigenvalue weighted by Gasteiger charge is 2.29. The van der Waals surface area contributed by atoms with Crippen molar-refractivity contribution in [3.8, 4) is 0 Å². The van der Waals surface area contributed by atoms with Crippen LogP contribution < -0.4 is 0 Å². The van der Waals surface area contributed by atoms with Crippen molar-refractivity contribution in [2.45, 2.75) is 164 Å². The smallest absolute Gasteiger partial charge is 0.0123 e. The molecule has 0 atom stereocenters. The molecule has 0 fully saturated rings. The third-order valence-corrected chi connectivity index (χ3v) is 9.52. The Morgan fingerprint density at radius 3 is 1.36 bits per heavy atom. The van der Waals surface area contributed by atoms with Crippen molar-refractivity contribution in [3.05, 3.63) is 117 Å². The second kappa shape index (κ2) is 14.3. The average molecular weight is 633 g/mol. The summed E-state index contributed by atoms with van der Waals surface area (Å²) in [7, 11) is 0. The summed E-state index contributed by atoms with van der Waals surface area (Å²) in [6.07, 6.45) is 5.30. The number of rotatable bonds is 0. The molecule has 0 unspecified atom stereocenters. The fourth-order valence-electron chi connectivity index (χ4n) is 7.48. The molecule has 0 saturated heterocycles. The fourth-order valence-corrected chi connectivity index (χ4v) is 7.48. The zero-order valence-corrected chi connectivity index (χ0v) is 33.3. The molecule has 0 aliphatic heterocycles. The Hall–Kier alpha value is -2.86. The Kier molecular flexibility index (Phi) is 11.8. The molecule has 0 heteroatoms. The summed E-state index contributed by atoms with van der Waals surface area (Å²) in [5, 5.41) is 2.73. The standard InChI is InChI=1S/C18H28.C15H18.C14H22/c1-17(2,3)15-12-11-13-9-7-8-10-14(13)16(15)18(4,5)6;1-11-9-10-12-7-5-6-8-13(12)14(11)15(2,3)4;1-13(2,3)11-9-7-8-10-12(11)14(4,5)6/h11-12H,7-10H2,1-6H3;5-10H,1-4H3;7-10H,1-6H3. The van der Waals surface area contributed by atoms with Crippen molar-refractivity contribution in [2.75, 3.05) is 0 Å². The summed E-state index contributed by atoms with van der Waals surface area (Å²) in [6.45, 7) is 36.8. The van der Waals surface area contributed by atoms with Gasteiger partial charge in [0.15, 0.2) is 0 Å². The van der Waals surface area contributed by atoms with Crippen LogP contribution in [0.25, 0.3) is 10.8 Å². The number of benzene rings is 4. The lowest BCUT2D eigenvalue weighted by atomic mass is 9.70. The van der Waals surface area contributed by atoms with Gasteiger partial charge in [0.1, 0.15) is 0 Å². The molecule has 47 heavy (non-hydrogen) atoms. The molecular weight excluding hydrogens is 565 g/mol. The van der Waals surface area contributed by atoms with E-state index in [9.17, 15) is 0 Å². The zero-order chi connectivity index (χ0) is 35.6. The van der Waals surface area contributed by atoms with E-state index < -0.39 is 0 Å². The van der Waals surface area contributed by atoms with Gasteiger partial charge in [-0.25, -0.2) is 0 Å². The van der Waals surface area contributed by atoms with Crippen LogP contribution in [0.1, 0.15) is 161 Å². The molecule has 0 heterocycles. The molecule has 4 aromatic carbocycles. The van der Waals surface area contributed by atoms with Gasteiger partial charge in [-0.2, -0.15) is 0 Å². The third kappa shape index (κ3) is 9.84. The second-order valence-corrected chi connectivity index (χ2v) is 19.1. The van der Waals surface area contributed by atoms with Gasteiger partial charge < -0.3 is 0 Å². The Balaban J connectivity index is 0.000000193. The maximum Gasteiger partial charge on any atom is -0.0123 e. The van der Waals surface area contributed by atoms with Gasteiger partial charge >= 0.3 is 0 Å². The summed E-state index contributed by atoms with van der Waals surface area (Å²) in [6, 6.07) is 26.6. The summed E-state index contributed by atoms with van der Waals surface area (Å²) in [5.74, 6) is 0. The van der Waals surface area contributed by atoms with E-state index in [0.29, 0.717) is 0 Å². The lowest BCUT2D eigenvalue weighted by Crippen LogP contribution is -2.25. The van der Waals surface area contributed by atoms with Crippen molar-refractivity contribution in [1.82, 2.24) is 0 Å². The van der Waals surface area contributed by atoms with E-state index in [1.807, 2.05) is 0 Å². The highest BCUT2D eigenvalue weighted by molar-refractivity contribution is 5.87. The molecule has 4 aromatic rings. The highest BCUT2D eigenvalue weighted by Crippen LogP contribution is 2.40. The van der Waals surface area contributed by atoms with E-state index in [0.717, 1.165) is 0 Å². The summed E-state index contributed by atoms with van der Waals surface area (Å²) < 4.78 is 0. The van der Waals surface area contributed by atoms with Gasteiger partial charge in [0.25, 0.3) is 0 Å². The first-order valence-electron chi connectivity index (χ1n) is 18.2. The van der Waals surface area contributed by atoms with Crippen molar-refractivity contribution in [1.29, 1.82) is 0 Å². The van der Waals surface area contributed by atoms with Crippen LogP contribution in [0.2, 0.25) is 0 Å². The van der Waals surface area contributed by atoms with Crippen LogP contribution in [0.3, 0.4) is 0 Å². The maximum atomic E-state index is 2.39. The number of aryl methyl sites for hydroxylation is 2. The topological polar surface area (TPSA) is 0 Å².